The molecule has 0 bridgehead atoms. The highest BCUT2D eigenvalue weighted by Crippen LogP contribution is 2.24. The molecule has 6 heteroatoms. The van der Waals surface area contributed by atoms with Crippen molar-refractivity contribution in [3.05, 3.63) is 94.5 Å². The molecule has 3 rings (SSSR count). The summed E-state index contributed by atoms with van der Waals surface area (Å²) in [5.41, 5.74) is 3.52. The van der Waals surface area contributed by atoms with Crippen molar-refractivity contribution in [1.82, 2.24) is 9.97 Å². The molecule has 0 amide bonds. The number of pyridine rings is 2. The van der Waals surface area contributed by atoms with Gasteiger partial charge < -0.3 is 9.47 Å². The highest BCUT2D eigenvalue weighted by Gasteiger charge is 2.08. The van der Waals surface area contributed by atoms with Gasteiger partial charge in [-0.25, -0.2) is 4.79 Å². The number of hydrogen-bond donors (Lipinski definition) is 0. The molecule has 0 unspecified atom stereocenters. The Hall–Kier alpha value is -3.18. The molecular weight excluding hydrogens is 376 g/mol. The lowest BCUT2D eigenvalue weighted by Gasteiger charge is -2.12. The lowest BCUT2D eigenvalue weighted by atomic mass is 10.1. The third-order valence-corrected chi connectivity index (χ3v) is 4.22. The zero-order chi connectivity index (χ0) is 19.8. The van der Waals surface area contributed by atoms with Crippen LogP contribution in [-0.2, 0) is 22.7 Å². The summed E-state index contributed by atoms with van der Waals surface area (Å²) in [7, 11) is 0. The standard InChI is InChI=1S/C22H19ClN2O3/c1-16-8-10-25-13-18(16)4-7-22(26)28-15-19-11-20(23)5-6-21(19)27-14-17-3-2-9-24-12-17/h2-13H,14-15H2,1H3/b7-4+. The minimum atomic E-state index is -0.457. The van der Waals surface area contributed by atoms with E-state index in [2.05, 4.69) is 9.97 Å². The van der Waals surface area contributed by atoms with Gasteiger partial charge in [-0.1, -0.05) is 17.7 Å². The first-order chi connectivity index (χ1) is 13.6. The number of hydrogen-bond acceptors (Lipinski definition) is 5. The molecule has 0 aliphatic rings. The van der Waals surface area contributed by atoms with E-state index in [4.69, 9.17) is 21.1 Å². The van der Waals surface area contributed by atoms with Crippen LogP contribution in [-0.4, -0.2) is 15.9 Å². The summed E-state index contributed by atoms with van der Waals surface area (Å²) in [6.07, 6.45) is 9.91. The average Bonchev–Trinajstić information content (AvgIpc) is 2.71. The third-order valence-electron chi connectivity index (χ3n) is 3.99. The number of carbonyl (C=O) groups is 1. The Labute approximate surface area is 168 Å². The fraction of sp³-hybridized carbons (Fsp3) is 0.136. The Balaban J connectivity index is 1.62. The fourth-order valence-electron chi connectivity index (χ4n) is 2.45. The van der Waals surface area contributed by atoms with Crippen LogP contribution >= 0.6 is 11.6 Å². The van der Waals surface area contributed by atoms with Crippen LogP contribution in [0.5, 0.6) is 5.75 Å². The molecule has 0 fully saturated rings. The second kappa shape index (κ2) is 9.67. The van der Waals surface area contributed by atoms with Gasteiger partial charge in [0.1, 0.15) is 19.0 Å². The van der Waals surface area contributed by atoms with E-state index in [1.807, 2.05) is 25.1 Å². The van der Waals surface area contributed by atoms with Crippen molar-refractivity contribution in [2.24, 2.45) is 0 Å². The van der Waals surface area contributed by atoms with Crippen molar-refractivity contribution in [2.45, 2.75) is 20.1 Å². The number of rotatable bonds is 7. The number of benzene rings is 1. The van der Waals surface area contributed by atoms with Gasteiger partial charge in [0.25, 0.3) is 0 Å². The first-order valence-corrected chi connectivity index (χ1v) is 9.05. The summed E-state index contributed by atoms with van der Waals surface area (Å²) in [6, 6.07) is 10.9. The van der Waals surface area contributed by atoms with Crippen LogP contribution in [0.4, 0.5) is 0 Å². The molecule has 2 aromatic heterocycles. The molecule has 5 nitrogen and oxygen atoms in total. The second-order valence-electron chi connectivity index (χ2n) is 6.08. The third kappa shape index (κ3) is 5.66. The molecule has 0 radical (unpaired) electrons. The van der Waals surface area contributed by atoms with Crippen molar-refractivity contribution < 1.29 is 14.3 Å². The largest absolute Gasteiger partial charge is 0.488 e. The van der Waals surface area contributed by atoms with E-state index in [1.165, 1.54) is 6.08 Å². The van der Waals surface area contributed by atoms with Crippen molar-refractivity contribution in [1.29, 1.82) is 0 Å². The van der Waals surface area contributed by atoms with Crippen molar-refractivity contribution in [3.8, 4) is 5.75 Å². The van der Waals surface area contributed by atoms with E-state index in [-0.39, 0.29) is 6.61 Å². The molecule has 0 atom stereocenters. The van der Waals surface area contributed by atoms with Gasteiger partial charge in [0.2, 0.25) is 0 Å². The molecule has 0 aliphatic heterocycles. The zero-order valence-electron chi connectivity index (χ0n) is 15.3. The molecule has 2 heterocycles. The number of halogens is 1. The lowest BCUT2D eigenvalue weighted by Crippen LogP contribution is -2.04. The number of nitrogens with zero attached hydrogens (tertiary/aromatic N) is 2. The van der Waals surface area contributed by atoms with Crippen molar-refractivity contribution in [2.75, 3.05) is 0 Å². The first kappa shape index (κ1) is 19.6. The van der Waals surface area contributed by atoms with Crippen LogP contribution in [0.2, 0.25) is 5.02 Å². The fourth-order valence-corrected chi connectivity index (χ4v) is 2.65. The Bertz CT molecular complexity index is 975. The van der Waals surface area contributed by atoms with Crippen LogP contribution in [0.1, 0.15) is 22.3 Å². The summed E-state index contributed by atoms with van der Waals surface area (Å²) in [4.78, 5) is 20.2. The zero-order valence-corrected chi connectivity index (χ0v) is 16.1. The van der Waals surface area contributed by atoms with E-state index >= 15 is 0 Å². The van der Waals surface area contributed by atoms with Gasteiger partial charge in [0.05, 0.1) is 0 Å². The summed E-state index contributed by atoms with van der Waals surface area (Å²) < 4.78 is 11.2. The smallest absolute Gasteiger partial charge is 0.331 e. The number of aryl methyl sites for hydroxylation is 1. The predicted molar refractivity (Wildman–Crippen MR) is 108 cm³/mol. The first-order valence-electron chi connectivity index (χ1n) is 8.67. The van der Waals surface area contributed by atoms with Crippen LogP contribution in [0.15, 0.2) is 67.3 Å². The van der Waals surface area contributed by atoms with Gasteiger partial charge in [-0.15, -0.1) is 0 Å². The monoisotopic (exact) mass is 394 g/mol. The molecule has 0 spiro atoms. The molecule has 0 aliphatic carbocycles. The van der Waals surface area contributed by atoms with Gasteiger partial charge in [0.15, 0.2) is 0 Å². The van der Waals surface area contributed by atoms with Crippen molar-refractivity contribution in [3.63, 3.8) is 0 Å². The van der Waals surface area contributed by atoms with Gasteiger partial charge in [-0.05, 0) is 54.5 Å². The number of ether oxygens (including phenoxy) is 2. The molecule has 0 saturated heterocycles. The van der Waals surface area contributed by atoms with E-state index < -0.39 is 5.97 Å². The second-order valence-corrected chi connectivity index (χ2v) is 6.51. The van der Waals surface area contributed by atoms with E-state index in [9.17, 15) is 4.79 Å². The van der Waals surface area contributed by atoms with Gasteiger partial charge in [-0.3, -0.25) is 9.97 Å². The summed E-state index contributed by atoms with van der Waals surface area (Å²) >= 11 is 6.08. The molecule has 1 aromatic carbocycles. The molecule has 142 valence electrons. The normalized spacial score (nSPS) is 10.8. The Kier molecular flexibility index (Phi) is 6.76. The Morgan fingerprint density at radius 3 is 2.75 bits per heavy atom. The Morgan fingerprint density at radius 2 is 1.96 bits per heavy atom. The molecule has 0 N–H and O–H groups in total. The average molecular weight is 395 g/mol. The Morgan fingerprint density at radius 1 is 1.11 bits per heavy atom. The van der Waals surface area contributed by atoms with Crippen LogP contribution in [0, 0.1) is 6.92 Å². The van der Waals surface area contributed by atoms with E-state index in [1.54, 1.807) is 49.1 Å². The van der Waals surface area contributed by atoms with E-state index in [0.717, 1.165) is 16.7 Å². The maximum absolute atomic E-state index is 12.1. The summed E-state index contributed by atoms with van der Waals surface area (Å²) in [6.45, 7) is 2.36. The SMILES string of the molecule is Cc1ccncc1/C=C/C(=O)OCc1cc(Cl)ccc1OCc1cccnc1. The highest BCUT2D eigenvalue weighted by atomic mass is 35.5. The molecule has 3 aromatic rings. The number of aromatic nitrogens is 2. The maximum Gasteiger partial charge on any atom is 0.331 e. The quantitative estimate of drug-likeness (QED) is 0.426. The topological polar surface area (TPSA) is 61.3 Å². The molecule has 0 saturated carbocycles. The van der Waals surface area contributed by atoms with Crippen LogP contribution < -0.4 is 4.74 Å². The van der Waals surface area contributed by atoms with Gasteiger partial charge in [-0.2, -0.15) is 0 Å². The van der Waals surface area contributed by atoms with E-state index in [0.29, 0.717) is 22.9 Å². The van der Waals surface area contributed by atoms with Crippen LogP contribution in [0.25, 0.3) is 6.08 Å². The molecule has 28 heavy (non-hydrogen) atoms. The van der Waals surface area contributed by atoms with Gasteiger partial charge in [0, 0.05) is 47.0 Å². The van der Waals surface area contributed by atoms with Crippen LogP contribution in [0.3, 0.4) is 0 Å². The molecular formula is C22H19ClN2O3. The summed E-state index contributed by atoms with van der Waals surface area (Å²) in [5.74, 6) is 0.148. The summed E-state index contributed by atoms with van der Waals surface area (Å²) in [5, 5.41) is 0.543. The maximum atomic E-state index is 12.1. The number of esters is 1. The predicted octanol–water partition coefficient (Wildman–Crippen LogP) is 4.77. The van der Waals surface area contributed by atoms with Crippen molar-refractivity contribution >= 4 is 23.6 Å². The highest BCUT2D eigenvalue weighted by molar-refractivity contribution is 6.30. The lowest BCUT2D eigenvalue weighted by molar-refractivity contribution is -0.138. The minimum Gasteiger partial charge on any atom is -0.488 e. The van der Waals surface area contributed by atoms with Gasteiger partial charge >= 0.3 is 5.97 Å². The number of carbonyl (C=O) groups excluding carboxylic acids is 1. The minimum absolute atomic E-state index is 0.0537.